The third-order valence-electron chi connectivity index (χ3n) is 1.10. The molecule has 66 valence electrons. The van der Waals surface area contributed by atoms with E-state index in [9.17, 15) is 0 Å². The van der Waals surface area contributed by atoms with Crippen molar-refractivity contribution in [1.82, 2.24) is 5.43 Å². The Hall–Kier alpha value is -0.610. The molecule has 0 heterocycles. The molecule has 3 N–H and O–H groups in total. The molecule has 0 fully saturated rings. The van der Waals surface area contributed by atoms with E-state index in [-0.39, 0.29) is 0 Å². The topological polar surface area (TPSA) is 59.6 Å². The van der Waals surface area contributed by atoms with Gasteiger partial charge in [-0.15, -0.1) is 0 Å². The van der Waals surface area contributed by atoms with E-state index in [2.05, 4.69) is 17.3 Å². The van der Waals surface area contributed by atoms with E-state index in [0.29, 0.717) is 12.4 Å². The van der Waals surface area contributed by atoms with Gasteiger partial charge in [0, 0.05) is 13.2 Å². The van der Waals surface area contributed by atoms with Gasteiger partial charge in [0.05, 0.1) is 0 Å². The minimum absolute atomic E-state index is 0.484. The van der Waals surface area contributed by atoms with Crippen molar-refractivity contribution < 1.29 is 4.74 Å². The molecule has 0 spiro atoms. The van der Waals surface area contributed by atoms with Crippen LogP contribution in [0.4, 0.5) is 0 Å². The summed E-state index contributed by atoms with van der Waals surface area (Å²) in [4.78, 5) is 4.07. The molecule has 0 rings (SSSR count). The lowest BCUT2D eigenvalue weighted by molar-refractivity contribution is 0.170. The van der Waals surface area contributed by atoms with Crippen molar-refractivity contribution in [3.05, 3.63) is 0 Å². The molecule has 0 amide bonds. The van der Waals surface area contributed by atoms with Crippen LogP contribution < -0.4 is 11.3 Å². The first kappa shape index (κ1) is 10.4. The van der Waals surface area contributed by atoms with Gasteiger partial charge in [0.25, 0.3) is 0 Å². The van der Waals surface area contributed by atoms with Crippen LogP contribution in [0, 0.1) is 0 Å². The van der Waals surface area contributed by atoms with Crippen molar-refractivity contribution in [3.8, 4) is 0 Å². The molecule has 0 bridgehead atoms. The second-order valence-corrected chi connectivity index (χ2v) is 2.12. The molecule has 0 aromatic heterocycles. The van der Waals surface area contributed by atoms with Gasteiger partial charge in [0.15, 0.2) is 0 Å². The van der Waals surface area contributed by atoms with Crippen LogP contribution in [-0.2, 0) is 4.74 Å². The van der Waals surface area contributed by atoms with E-state index in [1.54, 1.807) is 0 Å². The van der Waals surface area contributed by atoms with E-state index in [0.717, 1.165) is 19.6 Å². The lowest BCUT2D eigenvalue weighted by Gasteiger charge is -2.04. The Morgan fingerprint density at radius 2 is 2.27 bits per heavy atom. The molecule has 0 saturated carbocycles. The summed E-state index contributed by atoms with van der Waals surface area (Å²) in [6.45, 7) is 5.99. The lowest BCUT2D eigenvalue weighted by atomic mass is 10.5. The monoisotopic (exact) mass is 159 g/mol. The van der Waals surface area contributed by atoms with Gasteiger partial charge in [-0.2, -0.15) is 0 Å². The number of aliphatic imine (C=N–C) groups is 1. The molecule has 0 radical (unpaired) electrons. The van der Waals surface area contributed by atoms with Crippen LogP contribution in [0.3, 0.4) is 0 Å². The van der Waals surface area contributed by atoms with Gasteiger partial charge in [-0.3, -0.25) is 4.99 Å². The average Bonchev–Trinajstić information content (AvgIpc) is 2.03. The maximum atomic E-state index is 5.22. The zero-order valence-electron chi connectivity index (χ0n) is 7.26. The van der Waals surface area contributed by atoms with Gasteiger partial charge in [-0.1, -0.05) is 6.92 Å². The molecule has 0 saturated heterocycles. The summed E-state index contributed by atoms with van der Waals surface area (Å²) in [6, 6.07) is 0. The summed E-state index contributed by atoms with van der Waals surface area (Å²) >= 11 is 0. The first-order chi connectivity index (χ1) is 5.35. The third-order valence-corrected chi connectivity index (χ3v) is 1.10. The predicted octanol–water partition coefficient (Wildman–Crippen LogP) is 0.295. The van der Waals surface area contributed by atoms with Crippen molar-refractivity contribution in [3.63, 3.8) is 0 Å². The fraction of sp³-hybridized carbons (Fsp3) is 0.857. The summed E-state index contributed by atoms with van der Waals surface area (Å²) in [6.07, 6.45) is 1.02. The molecule has 0 aromatic carbocycles. The fourth-order valence-corrected chi connectivity index (χ4v) is 0.637. The second kappa shape index (κ2) is 7.50. The zero-order valence-corrected chi connectivity index (χ0v) is 7.26. The number of ether oxygens (including phenoxy) is 1. The highest BCUT2D eigenvalue weighted by molar-refractivity contribution is 5.82. The summed E-state index contributed by atoms with van der Waals surface area (Å²) < 4.78 is 5.22. The van der Waals surface area contributed by atoms with Gasteiger partial charge < -0.3 is 10.2 Å². The van der Waals surface area contributed by atoms with Crippen LogP contribution in [0.5, 0.6) is 0 Å². The molecular weight excluding hydrogens is 142 g/mol. The maximum Gasteiger partial charge on any atom is 0.137 e. The summed E-state index contributed by atoms with van der Waals surface area (Å²) in [5, 5.41) is 0. The SMILES string of the molecule is CCCOCC(=NCC)NN. The fourth-order valence-electron chi connectivity index (χ4n) is 0.637. The minimum atomic E-state index is 0.484. The molecule has 0 atom stereocenters. The number of rotatable bonds is 5. The van der Waals surface area contributed by atoms with E-state index in [4.69, 9.17) is 10.6 Å². The Kier molecular flexibility index (Phi) is 7.08. The Labute approximate surface area is 67.8 Å². The maximum absolute atomic E-state index is 5.22. The van der Waals surface area contributed by atoms with Crippen LogP contribution in [-0.4, -0.2) is 25.6 Å². The summed E-state index contributed by atoms with van der Waals surface area (Å²) in [7, 11) is 0. The average molecular weight is 159 g/mol. The van der Waals surface area contributed by atoms with Crippen LogP contribution in [0.1, 0.15) is 20.3 Å². The van der Waals surface area contributed by atoms with Crippen molar-refractivity contribution >= 4 is 5.84 Å². The quantitative estimate of drug-likeness (QED) is 0.199. The first-order valence-electron chi connectivity index (χ1n) is 3.92. The largest absolute Gasteiger partial charge is 0.374 e. The van der Waals surface area contributed by atoms with Gasteiger partial charge >= 0.3 is 0 Å². The predicted molar refractivity (Wildman–Crippen MR) is 46.4 cm³/mol. The van der Waals surface area contributed by atoms with E-state index >= 15 is 0 Å². The minimum Gasteiger partial charge on any atom is -0.374 e. The van der Waals surface area contributed by atoms with E-state index in [1.165, 1.54) is 0 Å². The molecule has 4 nitrogen and oxygen atoms in total. The number of hydrogen-bond donors (Lipinski definition) is 2. The molecule has 0 aliphatic heterocycles. The zero-order chi connectivity index (χ0) is 8.53. The Balaban J connectivity index is 3.44. The standard InChI is InChI=1S/C7H17N3O/c1-3-5-11-6-7(10-8)9-4-2/h3-6,8H2,1-2H3,(H,9,10). The van der Waals surface area contributed by atoms with Crippen molar-refractivity contribution in [1.29, 1.82) is 0 Å². The molecule has 0 unspecified atom stereocenters. The molecule has 0 aliphatic carbocycles. The number of hydrazine groups is 1. The Morgan fingerprint density at radius 1 is 1.55 bits per heavy atom. The van der Waals surface area contributed by atoms with Gasteiger partial charge in [0.1, 0.15) is 12.4 Å². The highest BCUT2D eigenvalue weighted by atomic mass is 16.5. The Bertz CT molecular complexity index is 114. The Morgan fingerprint density at radius 3 is 2.73 bits per heavy atom. The number of nitrogens with zero attached hydrogens (tertiary/aromatic N) is 1. The first-order valence-corrected chi connectivity index (χ1v) is 3.92. The number of nitrogens with two attached hydrogens (primary N) is 1. The lowest BCUT2D eigenvalue weighted by Crippen LogP contribution is -2.34. The third kappa shape index (κ3) is 5.82. The van der Waals surface area contributed by atoms with Crippen molar-refractivity contribution in [2.45, 2.75) is 20.3 Å². The summed E-state index contributed by atoms with van der Waals surface area (Å²) in [5.74, 6) is 5.89. The van der Waals surface area contributed by atoms with E-state index in [1.807, 2.05) is 6.92 Å². The molecular formula is C7H17N3O. The molecule has 0 aromatic rings. The smallest absolute Gasteiger partial charge is 0.137 e. The second-order valence-electron chi connectivity index (χ2n) is 2.12. The van der Waals surface area contributed by atoms with Crippen molar-refractivity contribution in [2.75, 3.05) is 19.8 Å². The normalized spacial score (nSPS) is 11.7. The van der Waals surface area contributed by atoms with Crippen LogP contribution in [0.25, 0.3) is 0 Å². The van der Waals surface area contributed by atoms with Crippen molar-refractivity contribution in [2.24, 2.45) is 10.8 Å². The van der Waals surface area contributed by atoms with Gasteiger partial charge in [-0.05, 0) is 13.3 Å². The van der Waals surface area contributed by atoms with Crippen LogP contribution in [0.2, 0.25) is 0 Å². The van der Waals surface area contributed by atoms with Gasteiger partial charge in [0.2, 0.25) is 0 Å². The highest BCUT2D eigenvalue weighted by Gasteiger charge is 1.93. The molecule has 11 heavy (non-hydrogen) atoms. The van der Waals surface area contributed by atoms with Crippen LogP contribution >= 0.6 is 0 Å². The van der Waals surface area contributed by atoms with Gasteiger partial charge in [-0.25, -0.2) is 5.84 Å². The number of nitrogens with one attached hydrogen (secondary N) is 1. The van der Waals surface area contributed by atoms with E-state index < -0.39 is 0 Å². The molecule has 0 aliphatic rings. The highest BCUT2D eigenvalue weighted by Crippen LogP contribution is 1.81. The number of amidine groups is 1. The summed E-state index contributed by atoms with van der Waals surface area (Å²) in [5.41, 5.74) is 2.49. The number of hydrogen-bond acceptors (Lipinski definition) is 3. The van der Waals surface area contributed by atoms with Crippen LogP contribution in [0.15, 0.2) is 4.99 Å². The molecule has 4 heteroatoms.